The van der Waals surface area contributed by atoms with E-state index >= 15 is 0 Å². The summed E-state index contributed by atoms with van der Waals surface area (Å²) in [6.07, 6.45) is 2.19. The Morgan fingerprint density at radius 1 is 1.02 bits per heavy atom. The van der Waals surface area contributed by atoms with E-state index in [0.717, 1.165) is 11.1 Å². The van der Waals surface area contributed by atoms with Gasteiger partial charge in [0.1, 0.15) is 17.7 Å². The molecule has 4 rings (SSSR count). The average Bonchev–Trinajstić information content (AvgIpc) is 3.66. The minimum atomic E-state index is -0.882. The number of likely N-dealkylation sites (tertiary alicyclic amines) is 1. The molecule has 0 spiro atoms. The Hall–Kier alpha value is -3.56. The van der Waals surface area contributed by atoms with Crippen LogP contribution in [0, 0.1) is 5.92 Å². The van der Waals surface area contributed by atoms with Crippen molar-refractivity contribution in [3.05, 3.63) is 71.8 Å². The van der Waals surface area contributed by atoms with E-state index in [4.69, 9.17) is 10.5 Å². The summed E-state index contributed by atoms with van der Waals surface area (Å²) in [6, 6.07) is 15.8. The second-order valence-corrected chi connectivity index (χ2v) is 12.3. The lowest BCUT2D eigenvalue weighted by Crippen LogP contribution is -2.57. The number of nitrogens with zero attached hydrogens (tertiary/aromatic N) is 1. The molecular formula is C33H44N4O5. The molecule has 9 heteroatoms. The van der Waals surface area contributed by atoms with Crippen molar-refractivity contribution in [2.45, 2.75) is 95.6 Å². The van der Waals surface area contributed by atoms with Crippen molar-refractivity contribution >= 4 is 23.5 Å². The fourth-order valence-corrected chi connectivity index (χ4v) is 5.66. The van der Waals surface area contributed by atoms with E-state index in [1.54, 1.807) is 11.8 Å². The zero-order valence-corrected chi connectivity index (χ0v) is 25.0. The molecule has 0 aromatic heterocycles. The molecule has 2 saturated heterocycles. The summed E-state index contributed by atoms with van der Waals surface area (Å²) in [5, 5.41) is 5.81. The molecule has 2 heterocycles. The molecular weight excluding hydrogens is 532 g/mol. The molecule has 4 N–H and O–H groups in total. The van der Waals surface area contributed by atoms with Crippen molar-refractivity contribution in [3.8, 4) is 0 Å². The minimum Gasteiger partial charge on any atom is -0.361 e. The maximum absolute atomic E-state index is 13.9. The van der Waals surface area contributed by atoms with Crippen LogP contribution in [-0.2, 0) is 36.8 Å². The zero-order chi connectivity index (χ0) is 30.4. The average molecular weight is 577 g/mol. The summed E-state index contributed by atoms with van der Waals surface area (Å²) in [4.78, 5) is 55.4. The largest absolute Gasteiger partial charge is 0.361 e. The van der Waals surface area contributed by atoms with E-state index in [9.17, 15) is 19.2 Å². The van der Waals surface area contributed by atoms with Gasteiger partial charge in [-0.15, -0.1) is 0 Å². The fourth-order valence-electron chi connectivity index (χ4n) is 5.66. The summed E-state index contributed by atoms with van der Waals surface area (Å²) >= 11 is 0. The number of benzene rings is 2. The number of nitrogens with one attached hydrogen (secondary N) is 2. The van der Waals surface area contributed by atoms with Crippen LogP contribution in [0.5, 0.6) is 0 Å². The Labute approximate surface area is 248 Å². The summed E-state index contributed by atoms with van der Waals surface area (Å²) < 4.78 is 5.39. The van der Waals surface area contributed by atoms with Crippen LogP contribution in [0.4, 0.5) is 0 Å². The third kappa shape index (κ3) is 7.83. The molecule has 0 bridgehead atoms. The number of ether oxygens (including phenoxy) is 1. The Balaban J connectivity index is 1.48. The molecule has 0 aliphatic carbocycles. The SMILES string of the molecule is CC(C)C[C@@H](NC(=O)[C@H](Cc1ccccc1)N1C(=O)[C@@H](NC(=O)[C@@H](N)CCc2ccccc2)CC1C)C(=O)C1(C)CO1. The van der Waals surface area contributed by atoms with Crippen molar-refractivity contribution in [2.75, 3.05) is 6.61 Å². The highest BCUT2D eigenvalue weighted by atomic mass is 16.6. The minimum absolute atomic E-state index is 0.154. The number of Topliss-reactive ketones (excluding diaryl/α,β-unsaturated/α-hetero) is 1. The summed E-state index contributed by atoms with van der Waals surface area (Å²) in [7, 11) is 0. The third-order valence-electron chi connectivity index (χ3n) is 8.19. The van der Waals surface area contributed by atoms with Gasteiger partial charge < -0.3 is 26.0 Å². The number of aryl methyl sites for hydroxylation is 1. The molecule has 3 amide bonds. The van der Waals surface area contributed by atoms with Crippen LogP contribution in [0.15, 0.2) is 60.7 Å². The maximum atomic E-state index is 13.9. The zero-order valence-electron chi connectivity index (χ0n) is 25.0. The van der Waals surface area contributed by atoms with Gasteiger partial charge in [0.15, 0.2) is 5.78 Å². The second-order valence-electron chi connectivity index (χ2n) is 12.3. The Morgan fingerprint density at radius 2 is 1.62 bits per heavy atom. The topological polar surface area (TPSA) is 134 Å². The predicted molar refractivity (Wildman–Crippen MR) is 160 cm³/mol. The highest BCUT2D eigenvalue weighted by molar-refractivity contribution is 5.99. The van der Waals surface area contributed by atoms with Gasteiger partial charge >= 0.3 is 0 Å². The van der Waals surface area contributed by atoms with E-state index in [1.807, 2.05) is 81.4 Å². The summed E-state index contributed by atoms with van der Waals surface area (Å²) in [6.45, 7) is 7.93. The highest BCUT2D eigenvalue weighted by Gasteiger charge is 2.51. The van der Waals surface area contributed by atoms with E-state index in [-0.39, 0.29) is 36.0 Å². The number of carbonyl (C=O) groups is 4. The number of epoxide rings is 1. The lowest BCUT2D eigenvalue weighted by Gasteiger charge is -2.32. The molecule has 42 heavy (non-hydrogen) atoms. The van der Waals surface area contributed by atoms with E-state index < -0.39 is 35.7 Å². The third-order valence-corrected chi connectivity index (χ3v) is 8.19. The van der Waals surface area contributed by atoms with Gasteiger partial charge in [0.25, 0.3) is 0 Å². The number of hydrogen-bond acceptors (Lipinski definition) is 6. The van der Waals surface area contributed by atoms with Gasteiger partial charge in [-0.2, -0.15) is 0 Å². The fraction of sp³-hybridized carbons (Fsp3) is 0.515. The van der Waals surface area contributed by atoms with Crippen LogP contribution >= 0.6 is 0 Å². The first-order valence-corrected chi connectivity index (χ1v) is 14.9. The second kappa shape index (κ2) is 13.6. The van der Waals surface area contributed by atoms with Gasteiger partial charge in [0.05, 0.1) is 18.7 Å². The van der Waals surface area contributed by atoms with Gasteiger partial charge in [-0.05, 0) is 56.6 Å². The molecule has 2 aromatic carbocycles. The number of hydrogen-bond donors (Lipinski definition) is 3. The molecule has 2 aromatic rings. The molecule has 226 valence electrons. The smallest absolute Gasteiger partial charge is 0.246 e. The molecule has 2 aliphatic rings. The highest BCUT2D eigenvalue weighted by Crippen LogP contribution is 2.30. The van der Waals surface area contributed by atoms with Crippen molar-refractivity contribution in [3.63, 3.8) is 0 Å². The first-order chi connectivity index (χ1) is 20.0. The molecule has 0 radical (unpaired) electrons. The van der Waals surface area contributed by atoms with Gasteiger partial charge in [0.2, 0.25) is 17.7 Å². The predicted octanol–water partition coefficient (Wildman–Crippen LogP) is 2.55. The monoisotopic (exact) mass is 576 g/mol. The van der Waals surface area contributed by atoms with Crippen LogP contribution in [0.2, 0.25) is 0 Å². The maximum Gasteiger partial charge on any atom is 0.246 e. The quantitative estimate of drug-likeness (QED) is 0.296. The van der Waals surface area contributed by atoms with Crippen LogP contribution < -0.4 is 16.4 Å². The standard InChI is InChI=1S/C33H44N4O5/c1-21(2)17-26(29(38)33(4)20-42-33)35-31(40)28(19-24-13-9-6-10-14-24)37-22(3)18-27(32(37)41)36-30(39)25(34)16-15-23-11-7-5-8-12-23/h5-14,21-22,25-28H,15-20,34H2,1-4H3,(H,35,40)(H,36,39)/t22?,25-,26+,27-,28-,33?/m0/s1. The Kier molecular flexibility index (Phi) is 10.2. The molecule has 2 aliphatic heterocycles. The lowest BCUT2D eigenvalue weighted by molar-refractivity contribution is -0.142. The van der Waals surface area contributed by atoms with E-state index in [2.05, 4.69) is 10.6 Å². The number of carbonyl (C=O) groups excluding carboxylic acids is 4. The summed E-state index contributed by atoms with van der Waals surface area (Å²) in [5.74, 6) is -1.10. The number of nitrogens with two attached hydrogens (primary N) is 1. The van der Waals surface area contributed by atoms with Crippen molar-refractivity contribution in [2.24, 2.45) is 11.7 Å². The number of rotatable bonds is 14. The Morgan fingerprint density at radius 3 is 2.19 bits per heavy atom. The first kappa shape index (κ1) is 31.4. The Bertz CT molecular complexity index is 1250. The summed E-state index contributed by atoms with van der Waals surface area (Å²) in [5.41, 5.74) is 7.28. The molecule has 2 unspecified atom stereocenters. The molecule has 2 fully saturated rings. The van der Waals surface area contributed by atoms with E-state index in [0.29, 0.717) is 32.3 Å². The lowest BCUT2D eigenvalue weighted by atomic mass is 9.92. The van der Waals surface area contributed by atoms with E-state index in [1.165, 1.54) is 0 Å². The van der Waals surface area contributed by atoms with Gasteiger partial charge in [-0.25, -0.2) is 0 Å². The number of ketones is 1. The molecule has 9 nitrogen and oxygen atoms in total. The van der Waals surface area contributed by atoms with Gasteiger partial charge in [0, 0.05) is 12.5 Å². The van der Waals surface area contributed by atoms with Crippen LogP contribution in [0.25, 0.3) is 0 Å². The van der Waals surface area contributed by atoms with Crippen LogP contribution in [0.1, 0.15) is 58.1 Å². The van der Waals surface area contributed by atoms with Crippen molar-refractivity contribution in [1.82, 2.24) is 15.5 Å². The van der Waals surface area contributed by atoms with Gasteiger partial charge in [-0.3, -0.25) is 19.2 Å². The molecule has 6 atom stereocenters. The number of amides is 3. The van der Waals surface area contributed by atoms with Crippen LogP contribution in [-0.4, -0.2) is 70.8 Å². The van der Waals surface area contributed by atoms with Crippen LogP contribution in [0.3, 0.4) is 0 Å². The van der Waals surface area contributed by atoms with Crippen molar-refractivity contribution < 1.29 is 23.9 Å². The van der Waals surface area contributed by atoms with Crippen molar-refractivity contribution in [1.29, 1.82) is 0 Å². The molecule has 0 saturated carbocycles. The first-order valence-electron chi connectivity index (χ1n) is 14.9. The normalized spacial score (nSPS) is 23.8. The van der Waals surface area contributed by atoms with Gasteiger partial charge in [-0.1, -0.05) is 74.5 Å².